The number of amides is 1. The third kappa shape index (κ3) is 2.09. The van der Waals surface area contributed by atoms with Gasteiger partial charge in [-0.1, -0.05) is 10.4 Å². The van der Waals surface area contributed by atoms with E-state index >= 15 is 0 Å². The monoisotopic (exact) mass is 329 g/mol. The van der Waals surface area contributed by atoms with Gasteiger partial charge in [-0.05, 0) is 25.7 Å². The Labute approximate surface area is 138 Å². The van der Waals surface area contributed by atoms with Crippen LogP contribution in [-0.4, -0.2) is 50.2 Å². The number of carbonyl (C=O) groups is 1. The van der Waals surface area contributed by atoms with E-state index in [1.165, 1.54) is 0 Å². The van der Waals surface area contributed by atoms with Crippen molar-refractivity contribution >= 4 is 5.91 Å². The molecule has 5 rings (SSSR count). The SMILES string of the molecule is O=C(c1noc2c1CCCC2)N1CC[C@@H]2OCc3cnnn3[C@@H]2C1. The highest BCUT2D eigenvalue weighted by molar-refractivity contribution is 5.94. The molecule has 4 heterocycles. The molecule has 0 unspecified atom stereocenters. The number of rotatable bonds is 1. The zero-order valence-corrected chi connectivity index (χ0v) is 13.3. The zero-order valence-electron chi connectivity index (χ0n) is 13.3. The molecule has 0 aromatic carbocycles. The molecule has 1 saturated heterocycles. The van der Waals surface area contributed by atoms with E-state index in [4.69, 9.17) is 9.26 Å². The summed E-state index contributed by atoms with van der Waals surface area (Å²) in [5.41, 5.74) is 2.47. The number of hydrogen-bond acceptors (Lipinski definition) is 6. The lowest BCUT2D eigenvalue weighted by atomic mass is 9.95. The van der Waals surface area contributed by atoms with Crippen molar-refractivity contribution in [1.82, 2.24) is 25.1 Å². The fraction of sp³-hybridized carbons (Fsp3) is 0.625. The predicted molar refractivity (Wildman–Crippen MR) is 81.3 cm³/mol. The minimum Gasteiger partial charge on any atom is -0.370 e. The van der Waals surface area contributed by atoms with Gasteiger partial charge in [-0.2, -0.15) is 0 Å². The second-order valence-electron chi connectivity index (χ2n) is 6.77. The molecule has 0 spiro atoms. The third-order valence-electron chi connectivity index (χ3n) is 5.37. The van der Waals surface area contributed by atoms with E-state index in [9.17, 15) is 4.79 Å². The molecule has 24 heavy (non-hydrogen) atoms. The molecule has 2 aliphatic heterocycles. The molecular formula is C16H19N5O3. The van der Waals surface area contributed by atoms with Gasteiger partial charge >= 0.3 is 0 Å². The number of likely N-dealkylation sites (tertiary alicyclic amines) is 1. The molecular weight excluding hydrogens is 310 g/mol. The molecule has 2 aromatic heterocycles. The van der Waals surface area contributed by atoms with Crippen LogP contribution in [0.1, 0.15) is 52.8 Å². The number of aromatic nitrogens is 4. The Kier molecular flexibility index (Phi) is 3.19. The summed E-state index contributed by atoms with van der Waals surface area (Å²) >= 11 is 0. The summed E-state index contributed by atoms with van der Waals surface area (Å²) in [7, 11) is 0. The zero-order chi connectivity index (χ0) is 16.1. The van der Waals surface area contributed by atoms with Crippen LogP contribution in [0.5, 0.6) is 0 Å². The van der Waals surface area contributed by atoms with E-state index in [0.717, 1.165) is 49.1 Å². The summed E-state index contributed by atoms with van der Waals surface area (Å²) in [6, 6.07) is 0.0247. The molecule has 2 atom stereocenters. The van der Waals surface area contributed by atoms with E-state index in [1.54, 1.807) is 6.20 Å². The van der Waals surface area contributed by atoms with Crippen LogP contribution in [-0.2, 0) is 24.2 Å². The summed E-state index contributed by atoms with van der Waals surface area (Å²) in [6.07, 6.45) is 6.59. The summed E-state index contributed by atoms with van der Waals surface area (Å²) in [6.45, 7) is 1.78. The average Bonchev–Trinajstić information content (AvgIpc) is 3.27. The highest BCUT2D eigenvalue weighted by Gasteiger charge is 2.39. The van der Waals surface area contributed by atoms with Gasteiger partial charge in [0, 0.05) is 25.1 Å². The van der Waals surface area contributed by atoms with E-state index in [1.807, 2.05) is 9.58 Å². The molecule has 1 aliphatic carbocycles. The van der Waals surface area contributed by atoms with Crippen molar-refractivity contribution in [2.75, 3.05) is 13.1 Å². The van der Waals surface area contributed by atoms with Gasteiger partial charge < -0.3 is 14.2 Å². The van der Waals surface area contributed by atoms with Crippen molar-refractivity contribution in [3.05, 3.63) is 28.9 Å². The Morgan fingerprint density at radius 2 is 2.21 bits per heavy atom. The van der Waals surface area contributed by atoms with E-state index in [-0.39, 0.29) is 18.1 Å². The highest BCUT2D eigenvalue weighted by Crippen LogP contribution is 2.32. The normalized spacial score (nSPS) is 25.8. The lowest BCUT2D eigenvalue weighted by Crippen LogP contribution is -2.50. The number of ether oxygens (including phenoxy) is 1. The first-order chi connectivity index (χ1) is 11.8. The maximum Gasteiger partial charge on any atom is 0.276 e. The maximum atomic E-state index is 13.0. The van der Waals surface area contributed by atoms with Crippen molar-refractivity contribution in [3.63, 3.8) is 0 Å². The molecule has 3 aliphatic rings. The van der Waals surface area contributed by atoms with Crippen molar-refractivity contribution in [3.8, 4) is 0 Å². The van der Waals surface area contributed by atoms with Gasteiger partial charge in [0.2, 0.25) is 0 Å². The first-order valence-corrected chi connectivity index (χ1v) is 8.58. The molecule has 126 valence electrons. The molecule has 0 saturated carbocycles. The second-order valence-corrected chi connectivity index (χ2v) is 6.77. The van der Waals surface area contributed by atoms with Crippen LogP contribution < -0.4 is 0 Å². The van der Waals surface area contributed by atoms with Gasteiger partial charge in [0.1, 0.15) is 5.76 Å². The van der Waals surface area contributed by atoms with Crippen LogP contribution in [0, 0.1) is 0 Å². The van der Waals surface area contributed by atoms with Crippen LogP contribution in [0.25, 0.3) is 0 Å². The maximum absolute atomic E-state index is 13.0. The third-order valence-corrected chi connectivity index (χ3v) is 5.37. The van der Waals surface area contributed by atoms with Crippen LogP contribution in [0.4, 0.5) is 0 Å². The lowest BCUT2D eigenvalue weighted by Gasteiger charge is -2.40. The predicted octanol–water partition coefficient (Wildman–Crippen LogP) is 1.13. The van der Waals surface area contributed by atoms with Crippen LogP contribution >= 0.6 is 0 Å². The Balaban J connectivity index is 1.41. The van der Waals surface area contributed by atoms with Gasteiger partial charge in [0.25, 0.3) is 5.91 Å². The number of hydrogen-bond donors (Lipinski definition) is 0. The van der Waals surface area contributed by atoms with Crippen molar-refractivity contribution in [2.24, 2.45) is 0 Å². The lowest BCUT2D eigenvalue weighted by molar-refractivity contribution is -0.0606. The van der Waals surface area contributed by atoms with Crippen molar-refractivity contribution in [1.29, 1.82) is 0 Å². The molecule has 0 radical (unpaired) electrons. The van der Waals surface area contributed by atoms with Crippen LogP contribution in [0.3, 0.4) is 0 Å². The Hall–Kier alpha value is -2.22. The summed E-state index contributed by atoms with van der Waals surface area (Å²) in [5, 5.41) is 12.2. The molecule has 0 N–H and O–H groups in total. The van der Waals surface area contributed by atoms with E-state index in [2.05, 4.69) is 15.5 Å². The molecule has 8 nitrogen and oxygen atoms in total. The first-order valence-electron chi connectivity index (χ1n) is 8.58. The van der Waals surface area contributed by atoms with Gasteiger partial charge in [-0.15, -0.1) is 5.10 Å². The molecule has 2 aromatic rings. The summed E-state index contributed by atoms with van der Waals surface area (Å²) in [4.78, 5) is 14.8. The summed E-state index contributed by atoms with van der Waals surface area (Å²) in [5.74, 6) is 0.853. The Morgan fingerprint density at radius 3 is 3.17 bits per heavy atom. The highest BCUT2D eigenvalue weighted by atomic mass is 16.5. The van der Waals surface area contributed by atoms with Crippen molar-refractivity contribution in [2.45, 2.75) is 50.9 Å². The largest absolute Gasteiger partial charge is 0.370 e. The number of nitrogens with zero attached hydrogens (tertiary/aromatic N) is 5. The first kappa shape index (κ1) is 14.2. The summed E-state index contributed by atoms with van der Waals surface area (Å²) < 4.78 is 13.2. The smallest absolute Gasteiger partial charge is 0.276 e. The van der Waals surface area contributed by atoms with E-state index in [0.29, 0.717) is 25.4 Å². The Bertz CT molecular complexity index is 783. The number of piperidine rings is 1. The molecule has 0 bridgehead atoms. The number of aryl methyl sites for hydroxylation is 1. The van der Waals surface area contributed by atoms with E-state index < -0.39 is 0 Å². The van der Waals surface area contributed by atoms with Gasteiger partial charge in [-0.25, -0.2) is 4.68 Å². The quantitative estimate of drug-likeness (QED) is 0.779. The van der Waals surface area contributed by atoms with Crippen LogP contribution in [0.2, 0.25) is 0 Å². The van der Waals surface area contributed by atoms with Gasteiger partial charge in [-0.3, -0.25) is 4.79 Å². The fourth-order valence-electron chi connectivity index (χ4n) is 4.07. The number of fused-ring (bicyclic) bond motifs is 4. The van der Waals surface area contributed by atoms with Crippen LogP contribution in [0.15, 0.2) is 10.7 Å². The number of carbonyl (C=O) groups excluding carboxylic acids is 1. The topological polar surface area (TPSA) is 86.3 Å². The average molecular weight is 329 g/mol. The minimum absolute atomic E-state index is 0.0247. The van der Waals surface area contributed by atoms with Gasteiger partial charge in [0.15, 0.2) is 5.69 Å². The second kappa shape index (κ2) is 5.41. The molecule has 1 fully saturated rings. The Morgan fingerprint density at radius 1 is 1.29 bits per heavy atom. The van der Waals surface area contributed by atoms with Crippen molar-refractivity contribution < 1.29 is 14.1 Å². The fourth-order valence-corrected chi connectivity index (χ4v) is 4.07. The minimum atomic E-state index is -0.0346. The molecule has 1 amide bonds. The van der Waals surface area contributed by atoms with Gasteiger partial charge in [0.05, 0.1) is 30.6 Å². The standard InChI is InChI=1S/C16H19N5O3/c22-16(15-11-3-1-2-4-13(11)24-18-15)20-6-5-14-12(8-20)21-10(9-23-14)7-17-19-21/h7,12,14H,1-6,8-9H2/t12-,14+/m1/s1. The molecule has 8 heteroatoms.